The van der Waals surface area contributed by atoms with E-state index in [4.69, 9.17) is 9.47 Å². The lowest BCUT2D eigenvalue weighted by Gasteiger charge is -2.21. The molecule has 1 aliphatic rings. The van der Waals surface area contributed by atoms with Crippen LogP contribution in [0.4, 0.5) is 0 Å². The zero-order valence-corrected chi connectivity index (χ0v) is 16.0. The second kappa shape index (κ2) is 7.94. The van der Waals surface area contributed by atoms with Crippen molar-refractivity contribution in [2.24, 2.45) is 5.92 Å². The quantitative estimate of drug-likeness (QED) is 0.613. The van der Waals surface area contributed by atoms with Crippen molar-refractivity contribution in [3.8, 4) is 11.5 Å². The van der Waals surface area contributed by atoms with Crippen LogP contribution in [0.5, 0.6) is 11.5 Å². The lowest BCUT2D eigenvalue weighted by atomic mass is 9.83. The number of hydrogen-bond acceptors (Lipinski definition) is 3. The van der Waals surface area contributed by atoms with E-state index >= 15 is 0 Å². The van der Waals surface area contributed by atoms with E-state index in [2.05, 4.69) is 13.8 Å². The molecule has 0 N–H and O–H groups in total. The van der Waals surface area contributed by atoms with Gasteiger partial charge in [0.05, 0.1) is 12.5 Å². The highest BCUT2D eigenvalue weighted by atomic mass is 16.5. The van der Waals surface area contributed by atoms with Crippen molar-refractivity contribution in [1.29, 1.82) is 0 Å². The predicted molar refractivity (Wildman–Crippen MR) is 104 cm³/mol. The van der Waals surface area contributed by atoms with Gasteiger partial charge < -0.3 is 9.47 Å². The van der Waals surface area contributed by atoms with Crippen LogP contribution >= 0.6 is 0 Å². The Bertz CT molecular complexity index is 747. The topological polar surface area (TPSA) is 35.5 Å². The Hall–Kier alpha value is -2.29. The molecule has 138 valence electrons. The van der Waals surface area contributed by atoms with Crippen LogP contribution in [0.1, 0.15) is 50.7 Å². The largest absolute Gasteiger partial charge is 0.493 e. The number of carbonyl (C=O) groups is 1. The van der Waals surface area contributed by atoms with Crippen molar-refractivity contribution in [2.45, 2.75) is 51.6 Å². The van der Waals surface area contributed by atoms with E-state index in [9.17, 15) is 4.79 Å². The number of rotatable bonds is 9. The average Bonchev–Trinajstić information content (AvgIpc) is 3.48. The minimum Gasteiger partial charge on any atom is -0.493 e. The molecule has 3 rings (SSSR count). The molecule has 0 bridgehead atoms. The lowest BCUT2D eigenvalue weighted by Crippen LogP contribution is -2.26. The Morgan fingerprint density at radius 1 is 1.12 bits per heavy atom. The molecule has 1 atom stereocenters. The molecule has 0 aromatic heterocycles. The van der Waals surface area contributed by atoms with Gasteiger partial charge in [-0.25, -0.2) is 0 Å². The van der Waals surface area contributed by atoms with Crippen molar-refractivity contribution < 1.29 is 14.3 Å². The molecule has 3 heteroatoms. The molecule has 0 spiro atoms. The molecule has 0 saturated heterocycles. The molecule has 3 nitrogen and oxygen atoms in total. The van der Waals surface area contributed by atoms with Crippen LogP contribution in [0.3, 0.4) is 0 Å². The van der Waals surface area contributed by atoms with Gasteiger partial charge in [-0.05, 0) is 42.5 Å². The zero-order valence-electron chi connectivity index (χ0n) is 16.0. The number of hydrogen-bond donors (Lipinski definition) is 0. The second-order valence-electron chi connectivity index (χ2n) is 7.28. The first-order valence-corrected chi connectivity index (χ1v) is 9.50. The molecule has 0 heterocycles. The Labute approximate surface area is 156 Å². The first-order chi connectivity index (χ1) is 12.6. The molecule has 26 heavy (non-hydrogen) atoms. The van der Waals surface area contributed by atoms with Crippen LogP contribution in [-0.4, -0.2) is 12.9 Å². The average molecular weight is 352 g/mol. The SMILES string of the molecule is CCCC(C)C(=O)C1(c2ccc(OC)c(OCc3ccccc3)c2)CC1. The number of methoxy groups -OCH3 is 1. The first kappa shape index (κ1) is 18.5. The molecule has 0 amide bonds. The summed E-state index contributed by atoms with van der Waals surface area (Å²) in [5.74, 6) is 1.89. The van der Waals surface area contributed by atoms with Gasteiger partial charge in [0.25, 0.3) is 0 Å². The van der Waals surface area contributed by atoms with E-state index < -0.39 is 0 Å². The highest BCUT2D eigenvalue weighted by Crippen LogP contribution is 2.52. The first-order valence-electron chi connectivity index (χ1n) is 9.50. The standard InChI is InChI=1S/C23H28O3/c1-4-8-17(2)22(24)23(13-14-23)19-11-12-20(25-3)21(15-19)26-16-18-9-6-5-7-10-18/h5-7,9-12,15,17H,4,8,13-14,16H2,1-3H3. The molecular formula is C23H28O3. The van der Waals surface area contributed by atoms with Crippen molar-refractivity contribution in [1.82, 2.24) is 0 Å². The summed E-state index contributed by atoms with van der Waals surface area (Å²) in [6.07, 6.45) is 3.86. The van der Waals surface area contributed by atoms with Gasteiger partial charge in [-0.15, -0.1) is 0 Å². The Morgan fingerprint density at radius 3 is 2.46 bits per heavy atom. The molecule has 0 aliphatic heterocycles. The molecule has 1 aliphatic carbocycles. The van der Waals surface area contributed by atoms with Crippen molar-refractivity contribution in [3.05, 3.63) is 59.7 Å². The third-order valence-corrected chi connectivity index (χ3v) is 5.34. The maximum absolute atomic E-state index is 13.0. The van der Waals surface area contributed by atoms with Gasteiger partial charge in [-0.1, -0.05) is 56.7 Å². The smallest absolute Gasteiger partial charge is 0.161 e. The third kappa shape index (κ3) is 3.77. The van der Waals surface area contributed by atoms with Gasteiger partial charge in [0, 0.05) is 5.92 Å². The Balaban J connectivity index is 1.82. The summed E-state index contributed by atoms with van der Waals surface area (Å²) < 4.78 is 11.5. The Kier molecular flexibility index (Phi) is 5.65. The van der Waals surface area contributed by atoms with Gasteiger partial charge in [0.2, 0.25) is 0 Å². The lowest BCUT2D eigenvalue weighted by molar-refractivity contribution is -0.125. The maximum atomic E-state index is 13.0. The van der Waals surface area contributed by atoms with E-state index in [1.165, 1.54) is 0 Å². The van der Waals surface area contributed by atoms with Crippen molar-refractivity contribution in [2.75, 3.05) is 7.11 Å². The number of ketones is 1. The highest BCUT2D eigenvalue weighted by molar-refractivity contribution is 5.94. The predicted octanol–water partition coefficient (Wildman–Crippen LogP) is 5.31. The van der Waals surface area contributed by atoms with Crippen LogP contribution in [0.2, 0.25) is 0 Å². The summed E-state index contributed by atoms with van der Waals surface area (Å²) in [7, 11) is 1.64. The van der Waals surface area contributed by atoms with E-state index in [0.717, 1.165) is 36.8 Å². The highest BCUT2D eigenvalue weighted by Gasteiger charge is 2.52. The number of carbonyl (C=O) groups excluding carboxylic acids is 1. The van der Waals surface area contributed by atoms with Crippen LogP contribution in [0.15, 0.2) is 48.5 Å². The van der Waals surface area contributed by atoms with Gasteiger partial charge in [0.1, 0.15) is 12.4 Å². The van der Waals surface area contributed by atoms with Crippen molar-refractivity contribution >= 4 is 5.78 Å². The fourth-order valence-electron chi connectivity index (χ4n) is 3.66. The fourth-order valence-corrected chi connectivity index (χ4v) is 3.66. The summed E-state index contributed by atoms with van der Waals surface area (Å²) in [5, 5.41) is 0. The normalized spacial score (nSPS) is 16.0. The summed E-state index contributed by atoms with van der Waals surface area (Å²) in [6, 6.07) is 16.0. The molecule has 2 aromatic carbocycles. The molecule has 1 unspecified atom stereocenters. The van der Waals surface area contributed by atoms with Gasteiger partial charge >= 0.3 is 0 Å². The molecule has 2 aromatic rings. The van der Waals surface area contributed by atoms with E-state index in [-0.39, 0.29) is 11.3 Å². The maximum Gasteiger partial charge on any atom is 0.161 e. The monoisotopic (exact) mass is 352 g/mol. The molecule has 1 fully saturated rings. The minimum absolute atomic E-state index is 0.110. The van der Waals surface area contributed by atoms with Crippen LogP contribution in [0, 0.1) is 5.92 Å². The summed E-state index contributed by atoms with van der Waals surface area (Å²) >= 11 is 0. The summed E-state index contributed by atoms with van der Waals surface area (Å²) in [5.41, 5.74) is 1.86. The van der Waals surface area contributed by atoms with E-state index in [1.54, 1.807) is 7.11 Å². The molecule has 1 saturated carbocycles. The molecule has 0 radical (unpaired) electrons. The number of benzene rings is 2. The van der Waals surface area contributed by atoms with Gasteiger partial charge in [-0.3, -0.25) is 4.79 Å². The number of Topliss-reactive ketones (excluding diaryl/α,β-unsaturated/α-hetero) is 1. The molecular weight excluding hydrogens is 324 g/mol. The zero-order chi connectivity index (χ0) is 18.6. The van der Waals surface area contributed by atoms with Gasteiger partial charge in [0.15, 0.2) is 11.5 Å². The third-order valence-electron chi connectivity index (χ3n) is 5.34. The van der Waals surface area contributed by atoms with Crippen LogP contribution < -0.4 is 9.47 Å². The number of ether oxygens (including phenoxy) is 2. The fraction of sp³-hybridized carbons (Fsp3) is 0.435. The van der Waals surface area contributed by atoms with Crippen molar-refractivity contribution in [3.63, 3.8) is 0 Å². The second-order valence-corrected chi connectivity index (χ2v) is 7.28. The van der Waals surface area contributed by atoms with E-state index in [0.29, 0.717) is 23.9 Å². The van der Waals surface area contributed by atoms with E-state index in [1.807, 2.05) is 48.5 Å². The Morgan fingerprint density at radius 2 is 1.85 bits per heavy atom. The van der Waals surface area contributed by atoms with Crippen LogP contribution in [0.25, 0.3) is 0 Å². The summed E-state index contributed by atoms with van der Waals surface area (Å²) in [4.78, 5) is 13.0. The van der Waals surface area contributed by atoms with Crippen LogP contribution in [-0.2, 0) is 16.8 Å². The minimum atomic E-state index is -0.314. The summed E-state index contributed by atoms with van der Waals surface area (Å²) in [6.45, 7) is 4.67. The van der Waals surface area contributed by atoms with Gasteiger partial charge in [-0.2, -0.15) is 0 Å².